The van der Waals surface area contributed by atoms with Crippen LogP contribution in [0.4, 0.5) is 0 Å². The van der Waals surface area contributed by atoms with Gasteiger partial charge in [0.1, 0.15) is 5.75 Å². The first-order valence-electron chi connectivity index (χ1n) is 5.57. The maximum absolute atomic E-state index is 5.60. The zero-order chi connectivity index (χ0) is 11.6. The summed E-state index contributed by atoms with van der Waals surface area (Å²) in [7, 11) is 0. The number of rotatable bonds is 7. The summed E-state index contributed by atoms with van der Waals surface area (Å²) < 4.78 is 6.72. The van der Waals surface area contributed by atoms with E-state index in [0.717, 1.165) is 29.4 Å². The molecule has 3 heteroatoms. The number of hydrogen-bond acceptors (Lipinski definition) is 3. The highest BCUT2D eigenvalue weighted by Gasteiger charge is 1.95. The predicted molar refractivity (Wildman–Crippen MR) is 76.5 cm³/mol. The summed E-state index contributed by atoms with van der Waals surface area (Å²) in [6.07, 6.45) is 6.57. The highest BCUT2D eigenvalue weighted by molar-refractivity contribution is 8.22. The Morgan fingerprint density at radius 2 is 1.94 bits per heavy atom. The summed E-state index contributed by atoms with van der Waals surface area (Å²) in [6, 6.07) is 9.96. The lowest BCUT2D eigenvalue weighted by Gasteiger charge is -2.05. The lowest BCUT2D eigenvalue weighted by molar-refractivity contribution is 0.306. The number of ether oxygens (including phenoxy) is 1. The second-order valence-electron chi connectivity index (χ2n) is 3.55. The lowest BCUT2D eigenvalue weighted by atomic mass is 10.2. The average Bonchev–Trinajstić information content (AvgIpc) is 2.34. The van der Waals surface area contributed by atoms with Crippen LogP contribution in [-0.4, -0.2) is 17.1 Å². The normalized spacial score (nSPS) is 10.1. The first kappa shape index (κ1) is 13.5. The summed E-state index contributed by atoms with van der Waals surface area (Å²) in [5.74, 6) is 0.960. The number of para-hydroxylation sites is 1. The van der Waals surface area contributed by atoms with Gasteiger partial charge in [-0.05, 0) is 44.1 Å². The Bertz CT molecular complexity index is 298. The van der Waals surface area contributed by atoms with Crippen LogP contribution in [0.15, 0.2) is 30.3 Å². The molecule has 1 aromatic rings. The second kappa shape index (κ2) is 8.59. The van der Waals surface area contributed by atoms with Crippen molar-refractivity contribution in [1.82, 2.24) is 0 Å². The fourth-order valence-electron chi connectivity index (χ4n) is 1.36. The van der Waals surface area contributed by atoms with Crippen molar-refractivity contribution in [3.05, 3.63) is 30.3 Å². The van der Waals surface area contributed by atoms with Crippen LogP contribution in [-0.2, 0) is 0 Å². The average molecular weight is 254 g/mol. The molecule has 0 amide bonds. The molecule has 1 nitrogen and oxygen atoms in total. The molecule has 0 atom stereocenters. The Morgan fingerprint density at radius 3 is 2.62 bits per heavy atom. The van der Waals surface area contributed by atoms with Gasteiger partial charge in [0.25, 0.3) is 0 Å². The monoisotopic (exact) mass is 254 g/mol. The van der Waals surface area contributed by atoms with Gasteiger partial charge < -0.3 is 4.74 Å². The van der Waals surface area contributed by atoms with Gasteiger partial charge in [-0.15, -0.1) is 11.8 Å². The van der Waals surface area contributed by atoms with Gasteiger partial charge in [0.15, 0.2) is 0 Å². The van der Waals surface area contributed by atoms with Gasteiger partial charge >= 0.3 is 0 Å². The van der Waals surface area contributed by atoms with E-state index >= 15 is 0 Å². The van der Waals surface area contributed by atoms with E-state index in [9.17, 15) is 0 Å². The summed E-state index contributed by atoms with van der Waals surface area (Å²) in [6.45, 7) is 0.802. The predicted octanol–water partition coefficient (Wildman–Crippen LogP) is 4.32. The molecule has 0 unspecified atom stereocenters. The molecule has 0 N–H and O–H groups in total. The summed E-state index contributed by atoms with van der Waals surface area (Å²) in [5, 5.41) is 0. The van der Waals surface area contributed by atoms with Gasteiger partial charge in [0, 0.05) is 4.20 Å². The molecular formula is C13H18OS2. The van der Waals surface area contributed by atoms with Gasteiger partial charge in [-0.3, -0.25) is 0 Å². The maximum Gasteiger partial charge on any atom is 0.119 e. The molecule has 1 aromatic carbocycles. The standard InChI is InChI=1S/C13H18OS2/c1-16-13(15)10-6-3-7-11-14-12-8-4-2-5-9-12/h2,4-5,8-9H,3,6-7,10-11H2,1H3. The first-order chi connectivity index (χ1) is 7.83. The number of hydrogen-bond donors (Lipinski definition) is 0. The third-order valence-corrected chi connectivity index (χ3v) is 3.63. The highest BCUT2D eigenvalue weighted by Crippen LogP contribution is 2.11. The molecule has 0 bridgehead atoms. The van der Waals surface area contributed by atoms with Crippen LogP contribution >= 0.6 is 24.0 Å². The van der Waals surface area contributed by atoms with Gasteiger partial charge in [-0.25, -0.2) is 0 Å². The third kappa shape index (κ3) is 6.13. The fraction of sp³-hybridized carbons (Fsp3) is 0.462. The minimum absolute atomic E-state index is 0.802. The van der Waals surface area contributed by atoms with Crippen molar-refractivity contribution >= 4 is 28.2 Å². The number of benzene rings is 1. The topological polar surface area (TPSA) is 9.23 Å². The Kier molecular flexibility index (Phi) is 7.26. The van der Waals surface area contributed by atoms with E-state index in [4.69, 9.17) is 17.0 Å². The molecule has 0 saturated heterocycles. The molecule has 1 rings (SSSR count). The Morgan fingerprint density at radius 1 is 1.19 bits per heavy atom. The van der Waals surface area contributed by atoms with Crippen molar-refractivity contribution in [3.8, 4) is 5.75 Å². The largest absolute Gasteiger partial charge is 0.494 e. The van der Waals surface area contributed by atoms with Gasteiger partial charge in [0.2, 0.25) is 0 Å². The van der Waals surface area contributed by atoms with Crippen molar-refractivity contribution < 1.29 is 4.74 Å². The van der Waals surface area contributed by atoms with E-state index in [1.54, 1.807) is 11.8 Å². The molecule has 0 radical (unpaired) electrons. The Balaban J connectivity index is 1.98. The Hall–Kier alpha value is -0.540. The van der Waals surface area contributed by atoms with Crippen molar-refractivity contribution in [1.29, 1.82) is 0 Å². The molecule has 0 fully saturated rings. The minimum Gasteiger partial charge on any atom is -0.494 e. The quantitative estimate of drug-likeness (QED) is 0.530. The van der Waals surface area contributed by atoms with Crippen LogP contribution in [0.3, 0.4) is 0 Å². The number of thiocarbonyl (C=S) groups is 1. The van der Waals surface area contributed by atoms with Crippen LogP contribution in [0.5, 0.6) is 5.75 Å². The van der Waals surface area contributed by atoms with E-state index in [1.807, 2.05) is 36.6 Å². The lowest BCUT2D eigenvalue weighted by Crippen LogP contribution is -1.97. The smallest absolute Gasteiger partial charge is 0.119 e. The molecule has 0 aromatic heterocycles. The van der Waals surface area contributed by atoms with E-state index in [-0.39, 0.29) is 0 Å². The summed E-state index contributed by atoms with van der Waals surface area (Å²) in [5.41, 5.74) is 0. The molecule has 16 heavy (non-hydrogen) atoms. The SMILES string of the molecule is CSC(=S)CCCCCOc1ccccc1. The second-order valence-corrected chi connectivity index (χ2v) is 5.20. The van der Waals surface area contributed by atoms with Gasteiger partial charge in [0.05, 0.1) is 6.61 Å². The zero-order valence-electron chi connectivity index (χ0n) is 9.65. The maximum atomic E-state index is 5.60. The van der Waals surface area contributed by atoms with Crippen molar-refractivity contribution in [2.24, 2.45) is 0 Å². The van der Waals surface area contributed by atoms with Crippen LogP contribution in [0.25, 0.3) is 0 Å². The molecule has 0 aliphatic heterocycles. The zero-order valence-corrected chi connectivity index (χ0v) is 11.3. The van der Waals surface area contributed by atoms with Crippen molar-refractivity contribution in [2.45, 2.75) is 25.7 Å². The van der Waals surface area contributed by atoms with Crippen molar-refractivity contribution in [2.75, 3.05) is 12.9 Å². The van der Waals surface area contributed by atoms with E-state index in [2.05, 4.69) is 0 Å². The van der Waals surface area contributed by atoms with Crippen LogP contribution in [0, 0.1) is 0 Å². The van der Waals surface area contributed by atoms with Crippen LogP contribution in [0.2, 0.25) is 0 Å². The fourth-order valence-corrected chi connectivity index (χ4v) is 1.85. The number of unbranched alkanes of at least 4 members (excludes halogenated alkanes) is 2. The molecule has 0 saturated carbocycles. The minimum atomic E-state index is 0.802. The van der Waals surface area contributed by atoms with Gasteiger partial charge in [-0.2, -0.15) is 0 Å². The summed E-state index contributed by atoms with van der Waals surface area (Å²) in [4.78, 5) is 0. The van der Waals surface area contributed by atoms with Crippen LogP contribution < -0.4 is 4.74 Å². The highest BCUT2D eigenvalue weighted by atomic mass is 32.2. The van der Waals surface area contributed by atoms with Crippen molar-refractivity contribution in [3.63, 3.8) is 0 Å². The van der Waals surface area contributed by atoms with E-state index < -0.39 is 0 Å². The molecular weight excluding hydrogens is 236 g/mol. The molecule has 0 aliphatic carbocycles. The summed E-state index contributed by atoms with van der Waals surface area (Å²) >= 11 is 6.83. The molecule has 88 valence electrons. The molecule has 0 aliphatic rings. The number of thioether (sulfide) groups is 1. The molecule has 0 heterocycles. The van der Waals surface area contributed by atoms with E-state index in [1.165, 1.54) is 12.8 Å². The first-order valence-corrected chi connectivity index (χ1v) is 7.21. The molecule has 0 spiro atoms. The Labute approximate surface area is 108 Å². The van der Waals surface area contributed by atoms with Gasteiger partial charge in [-0.1, -0.05) is 30.4 Å². The van der Waals surface area contributed by atoms with Crippen LogP contribution in [0.1, 0.15) is 25.7 Å². The van der Waals surface area contributed by atoms with E-state index in [0.29, 0.717) is 0 Å². The third-order valence-electron chi connectivity index (χ3n) is 2.26.